The van der Waals surface area contributed by atoms with Crippen molar-refractivity contribution in [3.05, 3.63) is 65.7 Å². The number of hydrogen-bond acceptors (Lipinski definition) is 5. The lowest BCUT2D eigenvalue weighted by molar-refractivity contribution is -0.142. The number of carbonyl (C=O) groups excluding carboxylic acids is 2. The number of ether oxygens (including phenoxy) is 2. The summed E-state index contributed by atoms with van der Waals surface area (Å²) in [5.41, 5.74) is 1.39. The van der Waals surface area contributed by atoms with Gasteiger partial charge in [-0.25, -0.2) is 0 Å². The SMILES string of the molecule is O=C(CCCCCOc1ccc(CO)cc1)OCC(=O)c1ccccc1. The number of Topliss-reactive ketones (excluding diaryl/α,β-unsaturated/α-hetero) is 1. The summed E-state index contributed by atoms with van der Waals surface area (Å²) in [6.45, 7) is 0.378. The molecule has 5 heteroatoms. The molecule has 0 atom stereocenters. The highest BCUT2D eigenvalue weighted by molar-refractivity contribution is 5.97. The van der Waals surface area contributed by atoms with Crippen molar-refractivity contribution in [3.8, 4) is 5.75 Å². The molecule has 2 aromatic rings. The second kappa shape index (κ2) is 11.1. The number of benzene rings is 2. The minimum Gasteiger partial charge on any atom is -0.494 e. The molecule has 0 unspecified atom stereocenters. The average Bonchev–Trinajstić information content (AvgIpc) is 2.69. The Morgan fingerprint density at radius 2 is 1.62 bits per heavy atom. The van der Waals surface area contributed by atoms with Crippen LogP contribution in [0.4, 0.5) is 0 Å². The molecular weight excluding hydrogens is 332 g/mol. The topological polar surface area (TPSA) is 72.8 Å². The first kappa shape index (κ1) is 19.7. The van der Waals surface area contributed by atoms with Crippen molar-refractivity contribution in [2.45, 2.75) is 32.3 Å². The molecule has 138 valence electrons. The molecule has 0 aliphatic heterocycles. The standard InChI is InChI=1S/C21H24O5/c22-15-17-10-12-19(13-11-17)25-14-6-2-5-9-21(24)26-16-20(23)18-7-3-1-4-8-18/h1,3-4,7-8,10-13,22H,2,5-6,9,14-16H2. The molecule has 26 heavy (non-hydrogen) atoms. The normalized spacial score (nSPS) is 10.3. The fourth-order valence-electron chi connectivity index (χ4n) is 2.35. The van der Waals surface area contributed by atoms with E-state index in [-0.39, 0.29) is 25.0 Å². The summed E-state index contributed by atoms with van der Waals surface area (Å²) < 4.78 is 10.6. The molecule has 0 aliphatic rings. The van der Waals surface area contributed by atoms with Crippen molar-refractivity contribution >= 4 is 11.8 Å². The van der Waals surface area contributed by atoms with Crippen LogP contribution >= 0.6 is 0 Å². The van der Waals surface area contributed by atoms with Crippen LogP contribution in [0, 0.1) is 0 Å². The van der Waals surface area contributed by atoms with E-state index in [0.29, 0.717) is 25.0 Å². The van der Waals surface area contributed by atoms with Gasteiger partial charge < -0.3 is 14.6 Å². The molecule has 0 fully saturated rings. The first-order chi connectivity index (χ1) is 12.7. The van der Waals surface area contributed by atoms with Crippen LogP contribution in [-0.2, 0) is 16.1 Å². The van der Waals surface area contributed by atoms with Gasteiger partial charge in [-0.3, -0.25) is 9.59 Å². The van der Waals surface area contributed by atoms with E-state index in [1.165, 1.54) is 0 Å². The Morgan fingerprint density at radius 1 is 0.885 bits per heavy atom. The van der Waals surface area contributed by atoms with Gasteiger partial charge in [0.15, 0.2) is 12.4 Å². The van der Waals surface area contributed by atoms with Gasteiger partial charge in [-0.1, -0.05) is 42.5 Å². The van der Waals surface area contributed by atoms with E-state index < -0.39 is 0 Å². The summed E-state index contributed by atoms with van der Waals surface area (Å²) in [6, 6.07) is 16.1. The van der Waals surface area contributed by atoms with E-state index in [1.807, 2.05) is 30.3 Å². The third kappa shape index (κ3) is 7.07. The number of unbranched alkanes of at least 4 members (excludes halogenated alkanes) is 2. The maximum atomic E-state index is 11.8. The van der Waals surface area contributed by atoms with Crippen molar-refractivity contribution in [3.63, 3.8) is 0 Å². The van der Waals surface area contributed by atoms with Crippen molar-refractivity contribution < 1.29 is 24.2 Å². The van der Waals surface area contributed by atoms with Gasteiger partial charge in [-0.05, 0) is 37.0 Å². The van der Waals surface area contributed by atoms with Gasteiger partial charge in [0.25, 0.3) is 0 Å². The molecule has 0 saturated carbocycles. The highest BCUT2D eigenvalue weighted by Gasteiger charge is 2.09. The largest absolute Gasteiger partial charge is 0.494 e. The number of carbonyl (C=O) groups is 2. The van der Waals surface area contributed by atoms with Crippen molar-refractivity contribution in [2.24, 2.45) is 0 Å². The maximum absolute atomic E-state index is 11.8. The Bertz CT molecular complexity index is 679. The first-order valence-electron chi connectivity index (χ1n) is 8.75. The van der Waals surface area contributed by atoms with Gasteiger partial charge in [0.1, 0.15) is 5.75 Å². The van der Waals surface area contributed by atoms with Crippen LogP contribution in [0.5, 0.6) is 5.75 Å². The Hall–Kier alpha value is -2.66. The lowest BCUT2D eigenvalue weighted by atomic mass is 10.1. The zero-order chi connectivity index (χ0) is 18.6. The van der Waals surface area contributed by atoms with Crippen LogP contribution in [0.1, 0.15) is 41.6 Å². The highest BCUT2D eigenvalue weighted by atomic mass is 16.5. The van der Waals surface area contributed by atoms with Gasteiger partial charge in [0.05, 0.1) is 13.2 Å². The fourth-order valence-corrected chi connectivity index (χ4v) is 2.35. The summed E-state index contributed by atoms with van der Waals surface area (Å²) >= 11 is 0. The second-order valence-corrected chi connectivity index (χ2v) is 5.91. The van der Waals surface area contributed by atoms with E-state index in [0.717, 1.165) is 24.2 Å². The van der Waals surface area contributed by atoms with Gasteiger partial charge in [-0.2, -0.15) is 0 Å². The molecule has 1 N–H and O–H groups in total. The third-order valence-electron chi connectivity index (χ3n) is 3.86. The van der Waals surface area contributed by atoms with Crippen LogP contribution < -0.4 is 4.74 Å². The van der Waals surface area contributed by atoms with Crippen molar-refractivity contribution in [1.29, 1.82) is 0 Å². The molecule has 0 aliphatic carbocycles. The van der Waals surface area contributed by atoms with Crippen molar-refractivity contribution in [2.75, 3.05) is 13.2 Å². The predicted octanol–water partition coefficient (Wildman–Crippen LogP) is 3.54. The Morgan fingerprint density at radius 3 is 2.31 bits per heavy atom. The first-order valence-corrected chi connectivity index (χ1v) is 8.75. The highest BCUT2D eigenvalue weighted by Crippen LogP contribution is 2.13. The molecule has 2 rings (SSSR count). The second-order valence-electron chi connectivity index (χ2n) is 5.91. The average molecular weight is 356 g/mol. The van der Waals surface area contributed by atoms with E-state index in [2.05, 4.69) is 0 Å². The van der Waals surface area contributed by atoms with Crippen LogP contribution in [-0.4, -0.2) is 30.1 Å². The Labute approximate surface area is 153 Å². The predicted molar refractivity (Wildman–Crippen MR) is 98.1 cm³/mol. The molecule has 0 heterocycles. The van der Waals surface area contributed by atoms with Gasteiger partial charge in [0, 0.05) is 12.0 Å². The summed E-state index contributed by atoms with van der Waals surface area (Å²) in [5.74, 6) is 0.218. The molecule has 0 aromatic heterocycles. The minimum atomic E-state index is -0.352. The summed E-state index contributed by atoms with van der Waals surface area (Å²) in [5, 5.41) is 8.98. The number of rotatable bonds is 11. The Kier molecular flexibility index (Phi) is 8.36. The fraction of sp³-hybridized carbons (Fsp3) is 0.333. The smallest absolute Gasteiger partial charge is 0.306 e. The van der Waals surface area contributed by atoms with Gasteiger partial charge in [-0.15, -0.1) is 0 Å². The van der Waals surface area contributed by atoms with E-state index >= 15 is 0 Å². The molecule has 0 radical (unpaired) electrons. The number of hydrogen-bond donors (Lipinski definition) is 1. The zero-order valence-corrected chi connectivity index (χ0v) is 14.7. The summed E-state index contributed by atoms with van der Waals surface area (Å²) in [7, 11) is 0. The maximum Gasteiger partial charge on any atom is 0.306 e. The number of aliphatic hydroxyl groups excluding tert-OH is 1. The van der Waals surface area contributed by atoms with Gasteiger partial charge in [0.2, 0.25) is 0 Å². The van der Waals surface area contributed by atoms with Gasteiger partial charge >= 0.3 is 5.97 Å². The van der Waals surface area contributed by atoms with Crippen LogP contribution in [0.25, 0.3) is 0 Å². The quantitative estimate of drug-likeness (QED) is 0.379. The zero-order valence-electron chi connectivity index (χ0n) is 14.7. The van der Waals surface area contributed by atoms with Crippen LogP contribution in [0.15, 0.2) is 54.6 Å². The van der Waals surface area contributed by atoms with Crippen LogP contribution in [0.3, 0.4) is 0 Å². The molecule has 0 amide bonds. The number of aliphatic hydroxyl groups is 1. The van der Waals surface area contributed by atoms with Crippen LogP contribution in [0.2, 0.25) is 0 Å². The van der Waals surface area contributed by atoms with E-state index in [4.69, 9.17) is 14.6 Å². The number of ketones is 1. The summed E-state index contributed by atoms with van der Waals surface area (Å²) in [6.07, 6.45) is 2.67. The van der Waals surface area contributed by atoms with Crippen molar-refractivity contribution in [1.82, 2.24) is 0 Å². The van der Waals surface area contributed by atoms with E-state index in [9.17, 15) is 9.59 Å². The molecule has 5 nitrogen and oxygen atoms in total. The monoisotopic (exact) mass is 356 g/mol. The molecular formula is C21H24O5. The lowest BCUT2D eigenvalue weighted by Crippen LogP contribution is -2.13. The Balaban J connectivity index is 1.52. The summed E-state index contributed by atoms with van der Waals surface area (Å²) in [4.78, 5) is 23.5. The molecule has 0 spiro atoms. The minimum absolute atomic E-state index is 0.0212. The third-order valence-corrected chi connectivity index (χ3v) is 3.86. The molecule has 0 saturated heterocycles. The van der Waals surface area contributed by atoms with E-state index in [1.54, 1.807) is 24.3 Å². The lowest BCUT2D eigenvalue weighted by Gasteiger charge is -2.07. The molecule has 2 aromatic carbocycles. The molecule has 0 bridgehead atoms. The number of esters is 1.